The first-order valence-electron chi connectivity index (χ1n) is 6.62. The van der Waals surface area contributed by atoms with Crippen LogP contribution < -0.4 is 10.1 Å². The van der Waals surface area contributed by atoms with E-state index in [1.807, 2.05) is 38.1 Å². The number of hydrogen-bond acceptors (Lipinski definition) is 5. The number of nitrogens with zero attached hydrogens (tertiary/aromatic N) is 2. The minimum absolute atomic E-state index is 0.00269. The summed E-state index contributed by atoms with van der Waals surface area (Å²) >= 11 is 0. The van der Waals surface area contributed by atoms with Gasteiger partial charge >= 0.3 is 0 Å². The van der Waals surface area contributed by atoms with Crippen LogP contribution in [0.15, 0.2) is 30.3 Å². The van der Waals surface area contributed by atoms with E-state index >= 15 is 0 Å². The molecule has 5 heteroatoms. The third-order valence-corrected chi connectivity index (χ3v) is 2.71. The zero-order valence-corrected chi connectivity index (χ0v) is 11.8. The average Bonchev–Trinajstić information content (AvgIpc) is 2.45. The maximum absolute atomic E-state index is 9.09. The van der Waals surface area contributed by atoms with Gasteiger partial charge in [0, 0.05) is 18.3 Å². The highest BCUT2D eigenvalue weighted by atomic mass is 16.5. The smallest absolute Gasteiger partial charge is 0.168 e. The van der Waals surface area contributed by atoms with Gasteiger partial charge in [-0.05, 0) is 31.5 Å². The van der Waals surface area contributed by atoms with Crippen LogP contribution in [0.5, 0.6) is 5.75 Å². The molecule has 2 N–H and O–H groups in total. The predicted octanol–water partition coefficient (Wildman–Crippen LogP) is 2.29. The molecular weight excluding hydrogens is 254 g/mol. The first kappa shape index (κ1) is 14.3. The van der Waals surface area contributed by atoms with Gasteiger partial charge in [-0.1, -0.05) is 12.1 Å². The van der Waals surface area contributed by atoms with E-state index in [-0.39, 0.29) is 6.61 Å². The number of hydrogen-bond donors (Lipinski definition) is 2. The van der Waals surface area contributed by atoms with Crippen LogP contribution in [0.25, 0.3) is 0 Å². The Bertz CT molecular complexity index is 573. The molecule has 1 aromatic carbocycles. The van der Waals surface area contributed by atoms with Gasteiger partial charge in [0.05, 0.1) is 6.61 Å². The summed E-state index contributed by atoms with van der Waals surface area (Å²) in [5, 5.41) is 12.3. The topological polar surface area (TPSA) is 67.3 Å². The lowest BCUT2D eigenvalue weighted by atomic mass is 10.2. The van der Waals surface area contributed by atoms with Crippen molar-refractivity contribution < 1.29 is 9.84 Å². The summed E-state index contributed by atoms with van der Waals surface area (Å²) in [7, 11) is 0. The Hall–Kier alpha value is -2.14. The molecule has 0 bridgehead atoms. The second-order valence-electron chi connectivity index (χ2n) is 4.44. The summed E-state index contributed by atoms with van der Waals surface area (Å²) in [5.74, 6) is 2.14. The Morgan fingerprint density at radius 2 is 2.10 bits per heavy atom. The highest BCUT2D eigenvalue weighted by Crippen LogP contribution is 2.15. The molecule has 0 aliphatic carbocycles. The third-order valence-electron chi connectivity index (χ3n) is 2.71. The van der Waals surface area contributed by atoms with Crippen molar-refractivity contribution in [1.29, 1.82) is 0 Å². The standard InChI is InChI=1S/C15H19N3O2/c1-3-16-14-7-11(2)17-15(18-14)10-20-13-6-4-5-12(8-13)9-19/h4-8,19H,3,9-10H2,1-2H3,(H,16,17,18). The van der Waals surface area contributed by atoms with Crippen molar-refractivity contribution in [3.8, 4) is 5.75 Å². The van der Waals surface area contributed by atoms with Gasteiger partial charge in [-0.2, -0.15) is 0 Å². The number of ether oxygens (including phenoxy) is 1. The number of aliphatic hydroxyl groups excluding tert-OH is 1. The van der Waals surface area contributed by atoms with Gasteiger partial charge in [0.15, 0.2) is 5.82 Å². The highest BCUT2D eigenvalue weighted by molar-refractivity contribution is 5.35. The normalized spacial score (nSPS) is 10.3. The number of aliphatic hydroxyl groups is 1. The Morgan fingerprint density at radius 3 is 2.85 bits per heavy atom. The summed E-state index contributed by atoms with van der Waals surface area (Å²) in [6.45, 7) is 5.07. The zero-order valence-electron chi connectivity index (χ0n) is 11.8. The fraction of sp³-hybridized carbons (Fsp3) is 0.333. The first-order valence-corrected chi connectivity index (χ1v) is 6.62. The summed E-state index contributed by atoms with van der Waals surface area (Å²) in [5.41, 5.74) is 1.72. The molecule has 106 valence electrons. The van der Waals surface area contributed by atoms with E-state index in [4.69, 9.17) is 9.84 Å². The van der Waals surface area contributed by atoms with E-state index in [9.17, 15) is 0 Å². The number of aromatic nitrogens is 2. The summed E-state index contributed by atoms with van der Waals surface area (Å²) in [4.78, 5) is 8.73. The number of benzene rings is 1. The van der Waals surface area contributed by atoms with E-state index in [1.165, 1.54) is 0 Å². The fourth-order valence-electron chi connectivity index (χ4n) is 1.85. The number of nitrogens with one attached hydrogen (secondary N) is 1. The summed E-state index contributed by atoms with van der Waals surface area (Å²) in [6.07, 6.45) is 0. The molecule has 0 radical (unpaired) electrons. The van der Waals surface area contributed by atoms with Gasteiger partial charge in [0.1, 0.15) is 18.2 Å². The molecule has 0 aliphatic rings. The Morgan fingerprint density at radius 1 is 1.25 bits per heavy atom. The van der Waals surface area contributed by atoms with Crippen molar-refractivity contribution in [2.24, 2.45) is 0 Å². The Labute approximate surface area is 118 Å². The average molecular weight is 273 g/mol. The van der Waals surface area contributed by atoms with Gasteiger partial charge in [-0.3, -0.25) is 0 Å². The molecule has 1 heterocycles. The van der Waals surface area contributed by atoms with Gasteiger partial charge in [0.25, 0.3) is 0 Å². The quantitative estimate of drug-likeness (QED) is 0.845. The molecule has 0 fully saturated rings. The molecule has 0 amide bonds. The number of anilines is 1. The second kappa shape index (κ2) is 6.86. The van der Waals surface area contributed by atoms with Crippen LogP contribution >= 0.6 is 0 Å². The van der Waals surface area contributed by atoms with Crippen LogP contribution in [-0.2, 0) is 13.2 Å². The fourth-order valence-corrected chi connectivity index (χ4v) is 1.85. The van der Waals surface area contributed by atoms with Crippen LogP contribution in [-0.4, -0.2) is 21.6 Å². The monoisotopic (exact) mass is 273 g/mol. The van der Waals surface area contributed by atoms with Crippen LogP contribution in [0.4, 0.5) is 5.82 Å². The minimum atomic E-state index is 0.00269. The molecule has 0 saturated carbocycles. The van der Waals surface area contributed by atoms with Gasteiger partial charge in [-0.15, -0.1) is 0 Å². The lowest BCUT2D eigenvalue weighted by Gasteiger charge is -2.09. The molecule has 2 aromatic rings. The number of rotatable bonds is 6. The van der Waals surface area contributed by atoms with E-state index in [2.05, 4.69) is 15.3 Å². The minimum Gasteiger partial charge on any atom is -0.486 e. The van der Waals surface area contributed by atoms with Crippen LogP contribution in [0.1, 0.15) is 24.0 Å². The summed E-state index contributed by atoms with van der Waals surface area (Å²) in [6, 6.07) is 9.25. The molecule has 0 unspecified atom stereocenters. The maximum Gasteiger partial charge on any atom is 0.168 e. The largest absolute Gasteiger partial charge is 0.486 e. The van der Waals surface area contributed by atoms with Crippen LogP contribution in [0, 0.1) is 6.92 Å². The van der Waals surface area contributed by atoms with Crippen molar-refractivity contribution in [2.45, 2.75) is 27.1 Å². The number of aryl methyl sites for hydroxylation is 1. The first-order chi connectivity index (χ1) is 9.71. The van der Waals surface area contributed by atoms with Crippen molar-refractivity contribution in [1.82, 2.24) is 9.97 Å². The van der Waals surface area contributed by atoms with E-state index in [0.717, 1.165) is 23.6 Å². The van der Waals surface area contributed by atoms with Gasteiger partial charge in [-0.25, -0.2) is 9.97 Å². The SMILES string of the molecule is CCNc1cc(C)nc(COc2cccc(CO)c2)n1. The molecule has 2 rings (SSSR count). The molecule has 0 spiro atoms. The Balaban J connectivity index is 2.06. The van der Waals surface area contributed by atoms with E-state index < -0.39 is 0 Å². The molecule has 1 aromatic heterocycles. The van der Waals surface area contributed by atoms with Crippen molar-refractivity contribution in [2.75, 3.05) is 11.9 Å². The molecule has 5 nitrogen and oxygen atoms in total. The lowest BCUT2D eigenvalue weighted by Crippen LogP contribution is -2.07. The predicted molar refractivity (Wildman–Crippen MR) is 77.6 cm³/mol. The van der Waals surface area contributed by atoms with Crippen molar-refractivity contribution >= 4 is 5.82 Å². The van der Waals surface area contributed by atoms with Gasteiger partial charge < -0.3 is 15.2 Å². The van der Waals surface area contributed by atoms with Crippen LogP contribution in [0.2, 0.25) is 0 Å². The third kappa shape index (κ3) is 3.93. The maximum atomic E-state index is 9.09. The molecular formula is C15H19N3O2. The van der Waals surface area contributed by atoms with Crippen molar-refractivity contribution in [3.05, 3.63) is 47.4 Å². The van der Waals surface area contributed by atoms with Gasteiger partial charge in [0.2, 0.25) is 0 Å². The molecule has 0 aliphatic heterocycles. The van der Waals surface area contributed by atoms with E-state index in [1.54, 1.807) is 6.07 Å². The molecule has 0 saturated heterocycles. The lowest BCUT2D eigenvalue weighted by molar-refractivity contribution is 0.276. The van der Waals surface area contributed by atoms with Crippen molar-refractivity contribution in [3.63, 3.8) is 0 Å². The summed E-state index contributed by atoms with van der Waals surface area (Å²) < 4.78 is 5.66. The molecule has 0 atom stereocenters. The Kier molecular flexibility index (Phi) is 4.90. The second-order valence-corrected chi connectivity index (χ2v) is 4.44. The van der Waals surface area contributed by atoms with Crippen LogP contribution in [0.3, 0.4) is 0 Å². The molecule has 20 heavy (non-hydrogen) atoms. The highest BCUT2D eigenvalue weighted by Gasteiger charge is 2.03. The van der Waals surface area contributed by atoms with E-state index in [0.29, 0.717) is 18.2 Å². The zero-order chi connectivity index (χ0) is 14.4.